The van der Waals surface area contributed by atoms with E-state index in [4.69, 9.17) is 9.15 Å². The molecular formula is C22H26N4O6. The second-order valence-corrected chi connectivity index (χ2v) is 7.73. The Balaban J connectivity index is 1.86. The van der Waals surface area contributed by atoms with Gasteiger partial charge in [-0.25, -0.2) is 5.01 Å². The molecule has 0 radical (unpaired) electrons. The highest BCUT2D eigenvalue weighted by molar-refractivity contribution is 6.03. The summed E-state index contributed by atoms with van der Waals surface area (Å²) >= 11 is 0. The standard InChI is InChI=1S/C22H26N4O6/c1-15(2)22(28)24(10-12-31-3)14-21(27)25-19(20-5-4-11-32-20)13-18(23-25)16-6-8-17(9-7-16)26(29)30/h4-9,11,15,19H,10,12-14H2,1-3H3/t19-/m0/s1. The molecule has 0 bridgehead atoms. The van der Waals surface area contributed by atoms with Crippen LogP contribution in [0.4, 0.5) is 5.69 Å². The van der Waals surface area contributed by atoms with Gasteiger partial charge in [0.2, 0.25) is 5.91 Å². The third-order valence-corrected chi connectivity index (χ3v) is 5.15. The van der Waals surface area contributed by atoms with Crippen molar-refractivity contribution in [1.82, 2.24) is 9.91 Å². The zero-order valence-corrected chi connectivity index (χ0v) is 18.3. The molecule has 170 valence electrons. The summed E-state index contributed by atoms with van der Waals surface area (Å²) in [5, 5.41) is 16.8. The smallest absolute Gasteiger partial charge is 0.269 e. The van der Waals surface area contributed by atoms with E-state index in [1.807, 2.05) is 0 Å². The van der Waals surface area contributed by atoms with E-state index in [2.05, 4.69) is 5.10 Å². The second kappa shape index (κ2) is 10.2. The number of hydrogen-bond donors (Lipinski definition) is 0. The summed E-state index contributed by atoms with van der Waals surface area (Å²) < 4.78 is 10.6. The minimum atomic E-state index is -0.471. The van der Waals surface area contributed by atoms with E-state index < -0.39 is 11.0 Å². The average Bonchev–Trinajstić information content (AvgIpc) is 3.46. The van der Waals surface area contributed by atoms with Crippen molar-refractivity contribution >= 4 is 23.2 Å². The molecule has 0 N–H and O–H groups in total. The Hall–Kier alpha value is -3.53. The lowest BCUT2D eigenvalue weighted by molar-refractivity contribution is -0.384. The normalized spacial score (nSPS) is 15.7. The van der Waals surface area contributed by atoms with Gasteiger partial charge in [0.25, 0.3) is 11.6 Å². The van der Waals surface area contributed by atoms with Crippen LogP contribution >= 0.6 is 0 Å². The number of carbonyl (C=O) groups excluding carboxylic acids is 2. The molecule has 0 saturated heterocycles. The van der Waals surface area contributed by atoms with Gasteiger partial charge in [0.05, 0.1) is 23.5 Å². The summed E-state index contributed by atoms with van der Waals surface area (Å²) in [5.74, 6) is -0.201. The third kappa shape index (κ3) is 5.20. The highest BCUT2D eigenvalue weighted by atomic mass is 16.6. The maximum absolute atomic E-state index is 13.2. The molecule has 1 aromatic carbocycles. The molecule has 10 heteroatoms. The number of benzene rings is 1. The van der Waals surface area contributed by atoms with E-state index in [9.17, 15) is 19.7 Å². The lowest BCUT2D eigenvalue weighted by Crippen LogP contribution is -2.44. The zero-order valence-electron chi connectivity index (χ0n) is 18.3. The maximum Gasteiger partial charge on any atom is 0.269 e. The van der Waals surface area contributed by atoms with Crippen molar-refractivity contribution in [2.75, 3.05) is 26.8 Å². The first kappa shape index (κ1) is 23.1. The van der Waals surface area contributed by atoms with E-state index in [1.54, 1.807) is 38.1 Å². The molecule has 0 unspecified atom stereocenters. The van der Waals surface area contributed by atoms with E-state index in [1.165, 1.54) is 35.4 Å². The summed E-state index contributed by atoms with van der Waals surface area (Å²) in [7, 11) is 1.54. The first-order valence-electron chi connectivity index (χ1n) is 10.3. The number of amides is 2. The van der Waals surface area contributed by atoms with Gasteiger partial charge in [-0.05, 0) is 29.8 Å². The fourth-order valence-corrected chi connectivity index (χ4v) is 3.46. The number of nitro benzene ring substituents is 1. The van der Waals surface area contributed by atoms with Crippen LogP contribution < -0.4 is 0 Å². The Morgan fingerprint density at radius 1 is 1.31 bits per heavy atom. The number of methoxy groups -OCH3 is 1. The number of hydrazone groups is 1. The number of nitro groups is 1. The Labute approximate surface area is 185 Å². The van der Waals surface area contributed by atoms with Crippen LogP contribution in [0.15, 0.2) is 52.2 Å². The van der Waals surface area contributed by atoms with Gasteiger partial charge in [-0.15, -0.1) is 0 Å². The van der Waals surface area contributed by atoms with E-state index in [-0.39, 0.29) is 36.5 Å². The number of non-ortho nitro benzene ring substituents is 1. The van der Waals surface area contributed by atoms with Gasteiger partial charge in [0.1, 0.15) is 18.3 Å². The summed E-state index contributed by atoms with van der Waals surface area (Å²) in [6.45, 7) is 4.01. The summed E-state index contributed by atoms with van der Waals surface area (Å²) in [6, 6.07) is 9.04. The number of ether oxygens (including phenoxy) is 1. The van der Waals surface area contributed by atoms with Crippen LogP contribution in [0.25, 0.3) is 0 Å². The molecule has 1 atom stereocenters. The van der Waals surface area contributed by atoms with Crippen molar-refractivity contribution in [1.29, 1.82) is 0 Å². The topological polar surface area (TPSA) is 118 Å². The number of hydrogen-bond acceptors (Lipinski definition) is 7. The predicted octanol–water partition coefficient (Wildman–Crippen LogP) is 3.00. The maximum atomic E-state index is 13.2. The SMILES string of the molecule is COCCN(CC(=O)N1N=C(c2ccc([N+](=O)[O-])cc2)C[C@H]1c1ccco1)C(=O)C(C)C. The molecule has 1 aromatic heterocycles. The third-order valence-electron chi connectivity index (χ3n) is 5.15. The van der Waals surface area contributed by atoms with Crippen LogP contribution in [-0.2, 0) is 14.3 Å². The molecule has 32 heavy (non-hydrogen) atoms. The highest BCUT2D eigenvalue weighted by Crippen LogP contribution is 2.33. The summed E-state index contributed by atoms with van der Waals surface area (Å²) in [6.07, 6.45) is 1.91. The number of carbonyl (C=O) groups is 2. The quantitative estimate of drug-likeness (QED) is 0.435. The zero-order chi connectivity index (χ0) is 23.3. The molecule has 2 heterocycles. The average molecular weight is 442 g/mol. The molecule has 0 spiro atoms. The Kier molecular flexibility index (Phi) is 7.37. The molecule has 0 saturated carbocycles. The van der Waals surface area contributed by atoms with Crippen molar-refractivity contribution in [2.45, 2.75) is 26.3 Å². The van der Waals surface area contributed by atoms with Gasteiger partial charge in [-0.1, -0.05) is 13.8 Å². The van der Waals surface area contributed by atoms with Crippen molar-refractivity contribution in [3.63, 3.8) is 0 Å². The van der Waals surface area contributed by atoms with E-state index >= 15 is 0 Å². The minimum Gasteiger partial charge on any atom is -0.467 e. The van der Waals surface area contributed by atoms with Crippen molar-refractivity contribution in [3.8, 4) is 0 Å². The molecule has 2 amide bonds. The van der Waals surface area contributed by atoms with Gasteiger partial charge in [0, 0.05) is 38.1 Å². The fourth-order valence-electron chi connectivity index (χ4n) is 3.46. The molecule has 1 aliphatic heterocycles. The van der Waals surface area contributed by atoms with Crippen LogP contribution in [0.5, 0.6) is 0 Å². The number of nitrogens with zero attached hydrogens (tertiary/aromatic N) is 4. The minimum absolute atomic E-state index is 0.0242. The van der Waals surface area contributed by atoms with Gasteiger partial charge in [-0.3, -0.25) is 19.7 Å². The molecule has 10 nitrogen and oxygen atoms in total. The van der Waals surface area contributed by atoms with Crippen LogP contribution in [0, 0.1) is 16.0 Å². The van der Waals surface area contributed by atoms with Crippen molar-refractivity contribution in [3.05, 3.63) is 64.1 Å². The predicted molar refractivity (Wildman–Crippen MR) is 116 cm³/mol. The summed E-state index contributed by atoms with van der Waals surface area (Å²) in [5.41, 5.74) is 1.26. The molecule has 0 fully saturated rings. The molecule has 0 aliphatic carbocycles. The van der Waals surface area contributed by atoms with Gasteiger partial charge in [-0.2, -0.15) is 5.10 Å². The van der Waals surface area contributed by atoms with Crippen LogP contribution in [0.1, 0.15) is 37.6 Å². The lowest BCUT2D eigenvalue weighted by Gasteiger charge is -2.27. The lowest BCUT2D eigenvalue weighted by atomic mass is 10.0. The van der Waals surface area contributed by atoms with Gasteiger partial charge < -0.3 is 14.1 Å². The van der Waals surface area contributed by atoms with Crippen molar-refractivity contribution < 1.29 is 23.7 Å². The first-order chi connectivity index (χ1) is 15.3. The number of furan rings is 1. The highest BCUT2D eigenvalue weighted by Gasteiger charge is 2.36. The Morgan fingerprint density at radius 3 is 2.59 bits per heavy atom. The molecule has 3 rings (SSSR count). The Morgan fingerprint density at radius 2 is 2.03 bits per heavy atom. The largest absolute Gasteiger partial charge is 0.467 e. The first-order valence-corrected chi connectivity index (χ1v) is 10.3. The van der Waals surface area contributed by atoms with Crippen LogP contribution in [0.2, 0.25) is 0 Å². The molecule has 2 aromatic rings. The van der Waals surface area contributed by atoms with E-state index in [0.717, 1.165) is 0 Å². The van der Waals surface area contributed by atoms with Crippen LogP contribution in [0.3, 0.4) is 0 Å². The molecule has 1 aliphatic rings. The summed E-state index contributed by atoms with van der Waals surface area (Å²) in [4.78, 5) is 37.7. The van der Waals surface area contributed by atoms with Gasteiger partial charge >= 0.3 is 0 Å². The number of rotatable bonds is 9. The van der Waals surface area contributed by atoms with Crippen molar-refractivity contribution in [2.24, 2.45) is 11.0 Å². The monoisotopic (exact) mass is 442 g/mol. The van der Waals surface area contributed by atoms with E-state index in [0.29, 0.717) is 30.1 Å². The Bertz CT molecular complexity index is 984. The van der Waals surface area contributed by atoms with Gasteiger partial charge in [0.15, 0.2) is 0 Å². The van der Waals surface area contributed by atoms with Crippen LogP contribution in [-0.4, -0.2) is 59.2 Å². The second-order valence-electron chi connectivity index (χ2n) is 7.73. The molecular weight excluding hydrogens is 416 g/mol. The fraction of sp³-hybridized carbons (Fsp3) is 0.409.